The van der Waals surface area contributed by atoms with E-state index in [9.17, 15) is 14.4 Å². The van der Waals surface area contributed by atoms with Gasteiger partial charge in [-0.15, -0.1) is 0 Å². The largest absolute Gasteiger partial charge is 0.495 e. The van der Waals surface area contributed by atoms with Crippen molar-refractivity contribution in [3.8, 4) is 23.0 Å². The number of nitrogens with two attached hydrogens (primary N) is 2. The number of nitrogens with zero attached hydrogens (tertiary/aromatic N) is 11. The highest BCUT2D eigenvalue weighted by atomic mass is 35.5. The number of nitrogens with one attached hydrogen (secondary N) is 3. The van der Waals surface area contributed by atoms with E-state index >= 15 is 0 Å². The monoisotopic (exact) mass is 1620 g/mol. The van der Waals surface area contributed by atoms with Gasteiger partial charge < -0.3 is 60.6 Å². The number of carbonyl (C=O) groups excluding carboxylic acids is 3. The first-order chi connectivity index (χ1) is 55.8. The molecule has 1 amide bonds. The summed E-state index contributed by atoms with van der Waals surface area (Å²) >= 11 is 18.4. The van der Waals surface area contributed by atoms with Crippen LogP contribution in [0.15, 0.2) is 126 Å². The molecule has 18 rings (SSSR count). The van der Waals surface area contributed by atoms with Crippen LogP contribution in [0.3, 0.4) is 0 Å². The molecule has 29 heteroatoms. The molecule has 11 heterocycles. The lowest BCUT2D eigenvalue weighted by Crippen LogP contribution is -2.19. The number of carbonyl (C=O) groups is 3. The summed E-state index contributed by atoms with van der Waals surface area (Å²) in [4.78, 5) is 71.9. The van der Waals surface area contributed by atoms with E-state index in [1.54, 1.807) is 46.6 Å². The fourth-order valence-corrected chi connectivity index (χ4v) is 15.0. The van der Waals surface area contributed by atoms with Crippen LogP contribution >= 0.6 is 34.8 Å². The second-order valence-corrected chi connectivity index (χ2v) is 30.5. The third-order valence-corrected chi connectivity index (χ3v) is 21.3. The van der Waals surface area contributed by atoms with Gasteiger partial charge in [0.1, 0.15) is 103 Å². The van der Waals surface area contributed by atoms with Crippen LogP contribution in [0.1, 0.15) is 156 Å². The third kappa shape index (κ3) is 20.8. The van der Waals surface area contributed by atoms with Gasteiger partial charge in [-0.25, -0.2) is 29.9 Å². The number of para-hydroxylation sites is 8. The van der Waals surface area contributed by atoms with Crippen LogP contribution in [-0.4, -0.2) is 120 Å². The van der Waals surface area contributed by atoms with Gasteiger partial charge in [-0.05, 0) is 191 Å². The van der Waals surface area contributed by atoms with E-state index in [1.165, 1.54) is 0 Å². The van der Waals surface area contributed by atoms with Crippen LogP contribution < -0.4 is 46.4 Å². The van der Waals surface area contributed by atoms with Crippen molar-refractivity contribution >= 4 is 137 Å². The van der Waals surface area contributed by atoms with Crippen LogP contribution in [-0.2, 0) is 47.9 Å². The molecule has 115 heavy (non-hydrogen) atoms. The fourth-order valence-electron chi connectivity index (χ4n) is 14.3. The number of fused-ring (bicyclic) bond motifs is 4. The summed E-state index contributed by atoms with van der Waals surface area (Å²) in [5.41, 5.74) is 25.0. The highest BCUT2D eigenvalue weighted by Crippen LogP contribution is 2.42. The summed E-state index contributed by atoms with van der Waals surface area (Å²) in [6, 6.07) is 38.0. The molecule has 3 saturated heterocycles. The molecular formula is C86H99Cl3N16O10. The van der Waals surface area contributed by atoms with Gasteiger partial charge in [0.15, 0.2) is 16.9 Å². The van der Waals surface area contributed by atoms with E-state index in [0.717, 1.165) is 248 Å². The number of Topliss-reactive ketones (excluding diaryl/α,β-unsaturated/α-hetero) is 2. The minimum Gasteiger partial charge on any atom is -0.495 e. The molecule has 6 fully saturated rings. The lowest BCUT2D eigenvalue weighted by atomic mass is 10.1. The molecule has 4 aromatic carbocycles. The number of aliphatic imine (C=N–C) groups is 1. The maximum absolute atomic E-state index is 12.5. The molecule has 0 spiro atoms. The first-order valence-electron chi connectivity index (χ1n) is 39.3. The van der Waals surface area contributed by atoms with Crippen molar-refractivity contribution in [2.45, 2.75) is 162 Å². The molecule has 3 saturated carbocycles. The van der Waals surface area contributed by atoms with Gasteiger partial charge in [0, 0.05) is 68.6 Å². The Labute approximate surface area is 683 Å². The van der Waals surface area contributed by atoms with Crippen LogP contribution in [0, 0.1) is 38.5 Å². The van der Waals surface area contributed by atoms with E-state index in [2.05, 4.69) is 40.5 Å². The Morgan fingerprint density at radius 3 is 1.23 bits per heavy atom. The van der Waals surface area contributed by atoms with Gasteiger partial charge in [0.2, 0.25) is 5.91 Å². The molecule has 3 aliphatic carbocycles. The number of hydrogen-bond donors (Lipinski definition) is 5. The van der Waals surface area contributed by atoms with Crippen molar-refractivity contribution in [1.29, 1.82) is 0 Å². The number of nitrogen functional groups attached to an aromatic ring is 1. The van der Waals surface area contributed by atoms with E-state index in [-0.39, 0.29) is 48.1 Å². The molecule has 26 nitrogen and oxygen atoms in total. The zero-order chi connectivity index (χ0) is 80.8. The molecule has 0 radical (unpaired) electrons. The van der Waals surface area contributed by atoms with Crippen molar-refractivity contribution in [3.05, 3.63) is 171 Å². The molecule has 0 bridgehead atoms. The Kier molecular flexibility index (Phi) is 27.5. The van der Waals surface area contributed by atoms with Crippen molar-refractivity contribution in [3.63, 3.8) is 0 Å². The first-order valence-corrected chi connectivity index (χ1v) is 40.4. The molecule has 4 aliphatic heterocycles. The molecule has 3 unspecified atom stereocenters. The Morgan fingerprint density at radius 1 is 0.443 bits per heavy atom. The standard InChI is InChI=1S/C24H28N4O3.C20H21N3O2.C19H21ClN4O2.C12H13Cl2N3O.C7H9NO.C4H7NO/c1-15-25-23-19(27-18-7-3-4-8-21(18)30-2)13-17(14-20(29)16-10-11-16)26-24(23)28(15)22-9-5-6-12-31-22;1-12-9-16-20(21-12)17(23-15-5-3-4-6-19(15)25-2)10-14(22-16)11-18(24)13-7-8-13;1-12-21-18-14(22-13-7-3-4-8-15(13)25-2)11-16(20)23-19(18)24(12)17-9-5-6-10-26-17;1-7-15-11-8(13)6-9(14)16-12(11)17(7)10-4-2-3-5-18-10;1-9-7-5-3-2-4-6(7)8;5-4(6)3-1-2-3/h3-4,7-8,13,16,22H,5-6,9-12,14H2,1-2H3,(H,26,27);3-6,10,13H,7-9,11H2,1-2H3,(H,22,23);3-4,7-8,11,17H,5-6,9-10H2,1-2H3,(H,22,23);6,10H,2-5H2,1H3;2-5H,8H2,1H3;3H,1-2H2,(H2,5,6). The van der Waals surface area contributed by atoms with E-state index < -0.39 is 0 Å². The Bertz CT molecular complexity index is 5310. The highest BCUT2D eigenvalue weighted by molar-refractivity contribution is 6.37. The molecule has 604 valence electrons. The fraction of sp³-hybridized carbons (Fsp3) is 0.407. The smallest absolute Gasteiger partial charge is 0.220 e. The average molecular weight is 1620 g/mol. The van der Waals surface area contributed by atoms with Crippen molar-refractivity contribution in [2.75, 3.05) is 69.9 Å². The number of rotatable bonds is 20. The Hall–Kier alpha value is -10.5. The first kappa shape index (κ1) is 82.5. The SMILES string of the molecule is COc1ccccc1N.COc1ccccc1Nc1cc(CC(=O)C2CC2)nc2c1N=C(C)C2.COc1ccccc1Nc1cc(CC(=O)C2CC2)nc2c1nc(C)n2C1CCCCO1.COc1ccccc1Nc1cc(Cl)nc2c1nc(C)n2C1CCCCO1.Cc1nc2c(Cl)cc(Cl)nc2n1C1CCCCO1.NC(=O)C1CC1. The number of pyridine rings is 4. The van der Waals surface area contributed by atoms with Crippen molar-refractivity contribution < 1.29 is 47.5 Å². The van der Waals surface area contributed by atoms with E-state index in [0.29, 0.717) is 50.8 Å². The number of aromatic nitrogens is 10. The summed E-state index contributed by atoms with van der Waals surface area (Å²) in [7, 11) is 6.56. The summed E-state index contributed by atoms with van der Waals surface area (Å²) in [5, 5.41) is 11.6. The van der Waals surface area contributed by atoms with Gasteiger partial charge in [0.05, 0.1) is 90.4 Å². The lowest BCUT2D eigenvalue weighted by Gasteiger charge is -2.25. The maximum atomic E-state index is 12.5. The number of imidazole rings is 3. The number of amides is 1. The maximum Gasteiger partial charge on any atom is 0.220 e. The van der Waals surface area contributed by atoms with Gasteiger partial charge in [0.25, 0.3) is 0 Å². The van der Waals surface area contributed by atoms with Crippen LogP contribution in [0.2, 0.25) is 15.3 Å². The van der Waals surface area contributed by atoms with E-state index in [1.807, 2.05) is 140 Å². The Morgan fingerprint density at radius 2 is 0.826 bits per heavy atom. The van der Waals surface area contributed by atoms with Crippen LogP contribution in [0.4, 0.5) is 45.5 Å². The van der Waals surface area contributed by atoms with Crippen molar-refractivity contribution in [2.24, 2.45) is 28.5 Å². The molecular weight excluding hydrogens is 1520 g/mol. The number of ketones is 2. The van der Waals surface area contributed by atoms with Gasteiger partial charge in [-0.3, -0.25) is 38.1 Å². The molecule has 7 aromatic heterocycles. The predicted octanol–water partition coefficient (Wildman–Crippen LogP) is 18.5. The number of halogens is 3. The van der Waals surface area contributed by atoms with Crippen LogP contribution in [0.5, 0.6) is 23.0 Å². The number of primary amides is 1. The number of aryl methyl sites for hydroxylation is 3. The molecule has 7 N–H and O–H groups in total. The van der Waals surface area contributed by atoms with Gasteiger partial charge >= 0.3 is 0 Å². The summed E-state index contributed by atoms with van der Waals surface area (Å²) in [5.74, 6) is 6.71. The second kappa shape index (κ2) is 38.3. The quantitative estimate of drug-likeness (QED) is 0.0350. The van der Waals surface area contributed by atoms with E-state index in [4.69, 9.17) is 99.4 Å². The third-order valence-electron chi connectivity index (χ3n) is 20.6. The Balaban J connectivity index is 0.000000127. The zero-order valence-electron chi connectivity index (χ0n) is 66.2. The van der Waals surface area contributed by atoms with Gasteiger partial charge in [-0.1, -0.05) is 83.3 Å². The van der Waals surface area contributed by atoms with Crippen molar-refractivity contribution in [1.82, 2.24) is 48.6 Å². The molecule has 3 atom stereocenters. The zero-order valence-corrected chi connectivity index (χ0v) is 68.4. The lowest BCUT2D eigenvalue weighted by molar-refractivity contribution is -0.120. The summed E-state index contributed by atoms with van der Waals surface area (Å²) in [6.07, 6.45) is 17.0. The normalized spacial score (nSPS) is 17.4. The summed E-state index contributed by atoms with van der Waals surface area (Å²) < 4.78 is 45.2. The molecule has 11 aromatic rings. The average Bonchev–Trinajstić information content (AvgIpc) is 1.64. The topological polar surface area (TPSA) is 321 Å². The number of methoxy groups -OCH3 is 4. The number of anilines is 7. The number of hydrogen-bond acceptors (Lipinski definition) is 22. The van der Waals surface area contributed by atoms with Crippen LogP contribution in [0.25, 0.3) is 33.5 Å². The summed E-state index contributed by atoms with van der Waals surface area (Å²) in [6.45, 7) is 10.2. The van der Waals surface area contributed by atoms with Gasteiger partial charge in [-0.2, -0.15) is 0 Å². The minimum absolute atomic E-state index is 0.00853. The predicted molar refractivity (Wildman–Crippen MR) is 450 cm³/mol. The number of benzene rings is 4. The minimum atomic E-state index is -0.130. The highest BCUT2D eigenvalue weighted by Gasteiger charge is 2.33. The second-order valence-electron chi connectivity index (χ2n) is 29.4. The molecule has 7 aliphatic rings. The number of ether oxygens (including phenoxy) is 7.